The maximum atomic E-state index is 13.0. The minimum absolute atomic E-state index is 0.315. The van der Waals surface area contributed by atoms with E-state index in [9.17, 15) is 12.8 Å². The molecule has 0 N–H and O–H groups in total. The van der Waals surface area contributed by atoms with Gasteiger partial charge in [-0.15, -0.1) is 0 Å². The van der Waals surface area contributed by atoms with Gasteiger partial charge in [-0.05, 0) is 37.1 Å². The molecule has 0 bridgehead atoms. The number of halogens is 1. The topological polar surface area (TPSA) is 63.4 Å². The summed E-state index contributed by atoms with van der Waals surface area (Å²) in [4.78, 5) is 0. The molecule has 1 saturated heterocycles. The first-order valence-corrected chi connectivity index (χ1v) is 9.49. The number of aromatic nitrogens is 1. The van der Waals surface area contributed by atoms with Crippen molar-refractivity contribution in [2.45, 2.75) is 31.7 Å². The number of hydrogen-bond donors (Lipinski definition) is 0. The molecule has 2 heterocycles. The molecule has 5 nitrogen and oxygen atoms in total. The average Bonchev–Trinajstić information content (AvgIpc) is 2.84. The second-order valence-corrected chi connectivity index (χ2v) is 7.80. The molecule has 0 spiro atoms. The molecular weight excluding hydrogens is 319 g/mol. The normalized spacial score (nSPS) is 20.3. The highest BCUT2D eigenvalue weighted by Gasteiger charge is 2.32. The smallest absolute Gasteiger partial charge is 0.211 e. The minimum Gasteiger partial charge on any atom is -0.359 e. The summed E-state index contributed by atoms with van der Waals surface area (Å²) < 4.78 is 44.0. The fourth-order valence-corrected chi connectivity index (χ4v) is 4.10. The Balaban J connectivity index is 1.92. The second-order valence-electron chi connectivity index (χ2n) is 5.86. The zero-order valence-corrected chi connectivity index (χ0v) is 13.7. The molecule has 1 aromatic carbocycles. The van der Waals surface area contributed by atoms with Crippen molar-refractivity contribution in [1.82, 2.24) is 9.46 Å². The summed E-state index contributed by atoms with van der Waals surface area (Å²) in [6, 6.07) is 7.39. The van der Waals surface area contributed by atoms with Crippen molar-refractivity contribution in [3.05, 3.63) is 41.9 Å². The van der Waals surface area contributed by atoms with Gasteiger partial charge in [-0.25, -0.2) is 12.8 Å². The lowest BCUT2D eigenvalue weighted by Crippen LogP contribution is -2.33. The van der Waals surface area contributed by atoms with Gasteiger partial charge in [-0.1, -0.05) is 18.0 Å². The van der Waals surface area contributed by atoms with Gasteiger partial charge in [0.15, 0.2) is 5.76 Å². The molecule has 0 radical (unpaired) electrons. The predicted molar refractivity (Wildman–Crippen MR) is 84.7 cm³/mol. The number of sulfonamides is 1. The molecule has 1 atom stereocenters. The van der Waals surface area contributed by atoms with E-state index in [1.54, 1.807) is 18.2 Å². The summed E-state index contributed by atoms with van der Waals surface area (Å²) in [5.41, 5.74) is 1.32. The molecule has 0 aliphatic carbocycles. The van der Waals surface area contributed by atoms with Crippen LogP contribution in [0.4, 0.5) is 4.39 Å². The first kappa shape index (κ1) is 16.1. The lowest BCUT2D eigenvalue weighted by Gasteiger charge is -2.25. The maximum Gasteiger partial charge on any atom is 0.211 e. The number of benzene rings is 1. The Hall–Kier alpha value is -1.73. The molecule has 7 heteroatoms. The molecule has 2 aromatic rings. The van der Waals surface area contributed by atoms with Crippen molar-refractivity contribution in [3.63, 3.8) is 0 Å². The Kier molecular flexibility index (Phi) is 4.50. The summed E-state index contributed by atoms with van der Waals surface area (Å²) >= 11 is 0. The Morgan fingerprint density at radius 1 is 1.22 bits per heavy atom. The van der Waals surface area contributed by atoms with Crippen LogP contribution in [0.3, 0.4) is 0 Å². The third kappa shape index (κ3) is 3.61. The van der Waals surface area contributed by atoms with Crippen LogP contribution >= 0.6 is 0 Å². The van der Waals surface area contributed by atoms with Gasteiger partial charge < -0.3 is 4.52 Å². The van der Waals surface area contributed by atoms with Crippen LogP contribution in [0, 0.1) is 5.82 Å². The fraction of sp³-hybridized carbons (Fsp3) is 0.438. The number of nitrogens with zero attached hydrogens (tertiary/aromatic N) is 2. The molecule has 3 rings (SSSR count). The van der Waals surface area contributed by atoms with E-state index in [4.69, 9.17) is 4.52 Å². The predicted octanol–water partition coefficient (Wildman–Crippen LogP) is 3.36. The van der Waals surface area contributed by atoms with Crippen molar-refractivity contribution in [1.29, 1.82) is 0 Å². The lowest BCUT2D eigenvalue weighted by atomic mass is 10.1. The minimum atomic E-state index is -3.31. The highest BCUT2D eigenvalue weighted by molar-refractivity contribution is 7.88. The van der Waals surface area contributed by atoms with Crippen LogP contribution in [-0.2, 0) is 10.0 Å². The van der Waals surface area contributed by atoms with E-state index in [-0.39, 0.29) is 11.9 Å². The Morgan fingerprint density at radius 3 is 2.65 bits per heavy atom. The molecule has 124 valence electrons. The molecule has 23 heavy (non-hydrogen) atoms. The Morgan fingerprint density at radius 2 is 1.96 bits per heavy atom. The molecule has 1 unspecified atom stereocenters. The largest absolute Gasteiger partial charge is 0.359 e. The van der Waals surface area contributed by atoms with Gasteiger partial charge in [0.05, 0.1) is 12.3 Å². The van der Waals surface area contributed by atoms with Crippen molar-refractivity contribution in [2.24, 2.45) is 0 Å². The molecule has 1 fully saturated rings. The van der Waals surface area contributed by atoms with Crippen LogP contribution in [0.25, 0.3) is 11.3 Å². The van der Waals surface area contributed by atoms with Gasteiger partial charge in [0.25, 0.3) is 0 Å². The summed E-state index contributed by atoms with van der Waals surface area (Å²) in [7, 11) is -3.31. The van der Waals surface area contributed by atoms with Crippen LogP contribution in [0.5, 0.6) is 0 Å². The molecule has 0 amide bonds. The summed E-state index contributed by atoms with van der Waals surface area (Å²) in [5.74, 6) is 0.223. The fourth-order valence-electron chi connectivity index (χ4n) is 2.97. The quantitative estimate of drug-likeness (QED) is 0.861. The van der Waals surface area contributed by atoms with Crippen LogP contribution in [0.2, 0.25) is 0 Å². The van der Waals surface area contributed by atoms with Crippen molar-refractivity contribution in [3.8, 4) is 11.3 Å². The van der Waals surface area contributed by atoms with Crippen LogP contribution in [0.1, 0.15) is 37.5 Å². The van der Waals surface area contributed by atoms with Crippen molar-refractivity contribution < 1.29 is 17.3 Å². The molecular formula is C16H19FN2O3S. The highest BCUT2D eigenvalue weighted by atomic mass is 32.2. The lowest BCUT2D eigenvalue weighted by molar-refractivity contribution is 0.260. The third-order valence-corrected chi connectivity index (χ3v) is 5.42. The van der Waals surface area contributed by atoms with Gasteiger partial charge in [-0.3, -0.25) is 0 Å². The summed E-state index contributed by atoms with van der Waals surface area (Å²) in [6.45, 7) is 0.496. The van der Waals surface area contributed by atoms with Crippen molar-refractivity contribution >= 4 is 10.0 Å². The molecule has 1 aromatic heterocycles. The molecule has 0 saturated carbocycles. The van der Waals surface area contributed by atoms with E-state index in [1.165, 1.54) is 22.7 Å². The Labute approximate surface area is 135 Å². The summed E-state index contributed by atoms with van der Waals surface area (Å²) in [5, 5.41) is 4.02. The van der Waals surface area contributed by atoms with E-state index < -0.39 is 10.0 Å². The van der Waals surface area contributed by atoms with Crippen LogP contribution < -0.4 is 0 Å². The molecule has 1 aliphatic rings. The maximum absolute atomic E-state index is 13.0. The molecule has 1 aliphatic heterocycles. The van der Waals surface area contributed by atoms with Gasteiger partial charge in [0, 0.05) is 18.2 Å². The standard InChI is InChI=1S/C16H19FN2O3S/c1-23(20,21)19-10-4-2-3-5-15(19)16-11-14(18-22-16)12-6-8-13(17)9-7-12/h6-9,11,15H,2-5,10H2,1H3. The zero-order chi connectivity index (χ0) is 16.4. The van der Waals surface area contributed by atoms with Gasteiger partial charge in [-0.2, -0.15) is 4.31 Å². The van der Waals surface area contributed by atoms with E-state index in [2.05, 4.69) is 5.16 Å². The zero-order valence-electron chi connectivity index (χ0n) is 12.9. The summed E-state index contributed by atoms with van der Waals surface area (Å²) in [6.07, 6.45) is 4.74. The first-order chi connectivity index (χ1) is 10.9. The third-order valence-electron chi connectivity index (χ3n) is 4.13. The van der Waals surface area contributed by atoms with E-state index >= 15 is 0 Å². The number of rotatable bonds is 3. The first-order valence-electron chi connectivity index (χ1n) is 7.64. The van der Waals surface area contributed by atoms with Crippen molar-refractivity contribution in [2.75, 3.05) is 12.8 Å². The second kappa shape index (κ2) is 6.41. The van der Waals surface area contributed by atoms with E-state index in [0.717, 1.165) is 24.8 Å². The average molecular weight is 338 g/mol. The monoisotopic (exact) mass is 338 g/mol. The van der Waals surface area contributed by atoms with Gasteiger partial charge in [0.2, 0.25) is 10.0 Å². The van der Waals surface area contributed by atoms with Crippen LogP contribution in [0.15, 0.2) is 34.9 Å². The Bertz CT molecular complexity index is 771. The van der Waals surface area contributed by atoms with E-state index in [1.807, 2.05) is 0 Å². The highest BCUT2D eigenvalue weighted by Crippen LogP contribution is 2.33. The van der Waals surface area contributed by atoms with Gasteiger partial charge in [0.1, 0.15) is 11.5 Å². The SMILES string of the molecule is CS(=O)(=O)N1CCCCCC1c1cc(-c2ccc(F)cc2)no1. The van der Waals surface area contributed by atoms with Crippen LogP contribution in [-0.4, -0.2) is 30.7 Å². The number of hydrogen-bond acceptors (Lipinski definition) is 4. The van der Waals surface area contributed by atoms with E-state index in [0.29, 0.717) is 24.4 Å². The van der Waals surface area contributed by atoms with Gasteiger partial charge >= 0.3 is 0 Å².